The third-order valence-electron chi connectivity index (χ3n) is 2.66. The van der Waals surface area contributed by atoms with E-state index in [9.17, 15) is 0 Å². The highest BCUT2D eigenvalue weighted by atomic mass is 15.3. The Morgan fingerprint density at radius 1 is 0.778 bits per heavy atom. The summed E-state index contributed by atoms with van der Waals surface area (Å²) < 4.78 is 1.11. The van der Waals surface area contributed by atoms with Crippen molar-refractivity contribution in [2.24, 2.45) is 0 Å². The van der Waals surface area contributed by atoms with Crippen molar-refractivity contribution in [2.45, 2.75) is 39.8 Å². The van der Waals surface area contributed by atoms with E-state index >= 15 is 0 Å². The molecule has 1 nitrogen and oxygen atoms in total. The molecule has 0 radical (unpaired) electrons. The molecule has 0 heterocycles. The van der Waals surface area contributed by atoms with Crippen molar-refractivity contribution in [1.29, 1.82) is 0 Å². The Balaban J connectivity index is 4.01. The van der Waals surface area contributed by atoms with Crippen molar-refractivity contribution >= 4 is 0 Å². The Morgan fingerprint density at radius 2 is 1.00 bits per heavy atom. The smallest absolute Gasteiger partial charge is 0.0831 e. The van der Waals surface area contributed by atoms with Crippen LogP contribution in [-0.4, -0.2) is 30.7 Å². The van der Waals surface area contributed by atoms with E-state index in [0.717, 1.165) is 16.6 Å². The van der Waals surface area contributed by atoms with Gasteiger partial charge in [-0.15, -0.1) is 0 Å². The highest BCUT2D eigenvalue weighted by Crippen LogP contribution is 2.10. The van der Waals surface area contributed by atoms with Gasteiger partial charge in [0.2, 0.25) is 0 Å². The summed E-state index contributed by atoms with van der Waals surface area (Å²) in [5, 5.41) is 0. The van der Waals surface area contributed by atoms with Gasteiger partial charge >= 0.3 is 0 Å². The first kappa shape index (κ1) is 8.96. The van der Waals surface area contributed by atoms with Crippen LogP contribution in [-0.2, 0) is 0 Å². The van der Waals surface area contributed by atoms with Crippen LogP contribution < -0.4 is 0 Å². The van der Waals surface area contributed by atoms with Crippen LogP contribution in [0.4, 0.5) is 0 Å². The maximum Gasteiger partial charge on any atom is 0.0831 e. The molecular weight excluding hydrogens is 110 g/mol. The summed E-state index contributed by atoms with van der Waals surface area (Å²) in [6.45, 7) is 9.06. The van der Waals surface area contributed by atoms with Crippen LogP contribution in [0.5, 0.6) is 0 Å². The molecule has 0 bridgehead atoms. The van der Waals surface area contributed by atoms with Gasteiger partial charge in [0.05, 0.1) is 26.2 Å². The van der Waals surface area contributed by atoms with E-state index in [4.69, 9.17) is 0 Å². The van der Waals surface area contributed by atoms with Crippen molar-refractivity contribution in [3.63, 3.8) is 0 Å². The van der Waals surface area contributed by atoms with Crippen LogP contribution in [0, 0.1) is 0 Å². The summed E-state index contributed by atoms with van der Waals surface area (Å²) in [4.78, 5) is 0. The molecule has 0 aromatic heterocycles. The lowest BCUT2D eigenvalue weighted by atomic mass is 10.2. The van der Waals surface area contributed by atoms with Gasteiger partial charge in [0.1, 0.15) is 0 Å². The van der Waals surface area contributed by atoms with E-state index in [1.54, 1.807) is 0 Å². The van der Waals surface area contributed by atoms with Gasteiger partial charge in [-0.25, -0.2) is 0 Å². The van der Waals surface area contributed by atoms with E-state index in [2.05, 4.69) is 41.8 Å². The first-order valence-electron chi connectivity index (χ1n) is 3.72. The Labute approximate surface area is 59.3 Å². The van der Waals surface area contributed by atoms with E-state index in [1.807, 2.05) is 0 Å². The topological polar surface area (TPSA) is 0 Å². The average molecular weight is 130 g/mol. The van der Waals surface area contributed by atoms with Crippen LogP contribution >= 0.6 is 0 Å². The SMILES string of the molecule is CC(C)[N+](C)(C)C(C)C. The lowest BCUT2D eigenvalue weighted by Crippen LogP contribution is -2.50. The number of hydrogen-bond acceptors (Lipinski definition) is 0. The van der Waals surface area contributed by atoms with Crippen LogP contribution in [0.25, 0.3) is 0 Å². The third kappa shape index (κ3) is 1.98. The van der Waals surface area contributed by atoms with Crippen molar-refractivity contribution < 1.29 is 4.48 Å². The second-order valence-corrected chi connectivity index (χ2v) is 3.82. The second-order valence-electron chi connectivity index (χ2n) is 3.82. The highest BCUT2D eigenvalue weighted by molar-refractivity contribution is 4.44. The molecule has 0 aromatic rings. The highest BCUT2D eigenvalue weighted by Gasteiger charge is 2.22. The van der Waals surface area contributed by atoms with E-state index in [-0.39, 0.29) is 0 Å². The molecule has 0 aliphatic rings. The second kappa shape index (κ2) is 2.70. The van der Waals surface area contributed by atoms with Crippen LogP contribution in [0.3, 0.4) is 0 Å². The molecule has 0 amide bonds. The molecule has 0 saturated carbocycles. The minimum Gasteiger partial charge on any atom is -0.325 e. The Bertz CT molecular complexity index is 72.6. The predicted octanol–water partition coefficient (Wildman–Crippen LogP) is 1.88. The summed E-state index contributed by atoms with van der Waals surface area (Å²) in [5.41, 5.74) is 0. The molecule has 0 unspecified atom stereocenters. The number of rotatable bonds is 2. The molecule has 0 N–H and O–H groups in total. The summed E-state index contributed by atoms with van der Waals surface area (Å²) in [5.74, 6) is 0. The lowest BCUT2D eigenvalue weighted by Gasteiger charge is -2.38. The molecule has 0 rings (SSSR count). The van der Waals surface area contributed by atoms with E-state index < -0.39 is 0 Å². The van der Waals surface area contributed by atoms with Gasteiger partial charge in [-0.2, -0.15) is 0 Å². The minimum absolute atomic E-state index is 0.727. The maximum absolute atomic E-state index is 2.27. The van der Waals surface area contributed by atoms with Crippen LogP contribution in [0.15, 0.2) is 0 Å². The van der Waals surface area contributed by atoms with Gasteiger partial charge in [0.15, 0.2) is 0 Å². The predicted molar refractivity (Wildman–Crippen MR) is 42.4 cm³/mol. The quantitative estimate of drug-likeness (QED) is 0.501. The zero-order valence-corrected chi connectivity index (χ0v) is 7.60. The van der Waals surface area contributed by atoms with E-state index in [0.29, 0.717) is 0 Å². The summed E-state index contributed by atoms with van der Waals surface area (Å²) in [6, 6.07) is 1.45. The van der Waals surface area contributed by atoms with Gasteiger partial charge in [-0.1, -0.05) is 0 Å². The normalized spacial score (nSPS) is 13.3. The molecule has 0 spiro atoms. The minimum atomic E-state index is 0.727. The van der Waals surface area contributed by atoms with Gasteiger partial charge in [0, 0.05) is 0 Å². The standard InChI is InChI=1S/C8H20N/c1-7(2)9(5,6)8(3)4/h7-8H,1-6H3/q+1. The third-order valence-corrected chi connectivity index (χ3v) is 2.66. The summed E-state index contributed by atoms with van der Waals surface area (Å²) >= 11 is 0. The molecule has 56 valence electrons. The zero-order chi connectivity index (χ0) is 7.65. The van der Waals surface area contributed by atoms with Crippen molar-refractivity contribution in [3.05, 3.63) is 0 Å². The average Bonchev–Trinajstić information content (AvgIpc) is 1.65. The molecule has 0 aromatic carbocycles. The monoisotopic (exact) mass is 130 g/mol. The first-order chi connectivity index (χ1) is 3.89. The fourth-order valence-corrected chi connectivity index (χ4v) is 0.596. The van der Waals surface area contributed by atoms with E-state index in [1.165, 1.54) is 0 Å². The lowest BCUT2D eigenvalue weighted by molar-refractivity contribution is -0.931. The number of hydrogen-bond donors (Lipinski definition) is 0. The molecule has 0 fully saturated rings. The molecule has 1 heteroatoms. The Morgan fingerprint density at radius 3 is 1.00 bits per heavy atom. The Hall–Kier alpha value is -0.0400. The molecule has 0 saturated heterocycles. The molecule has 0 aliphatic heterocycles. The van der Waals surface area contributed by atoms with Crippen molar-refractivity contribution in [3.8, 4) is 0 Å². The van der Waals surface area contributed by atoms with Gasteiger partial charge in [0.25, 0.3) is 0 Å². The largest absolute Gasteiger partial charge is 0.325 e. The first-order valence-corrected chi connectivity index (χ1v) is 3.72. The zero-order valence-electron chi connectivity index (χ0n) is 7.60. The fourth-order valence-electron chi connectivity index (χ4n) is 0.596. The summed E-state index contributed by atoms with van der Waals surface area (Å²) in [6.07, 6.45) is 0. The molecule has 0 aliphatic carbocycles. The van der Waals surface area contributed by atoms with Crippen LogP contribution in [0.2, 0.25) is 0 Å². The van der Waals surface area contributed by atoms with Gasteiger partial charge in [-0.05, 0) is 27.7 Å². The summed E-state index contributed by atoms with van der Waals surface area (Å²) in [7, 11) is 4.55. The van der Waals surface area contributed by atoms with Gasteiger partial charge in [-0.3, -0.25) is 0 Å². The van der Waals surface area contributed by atoms with Gasteiger partial charge < -0.3 is 4.48 Å². The van der Waals surface area contributed by atoms with Crippen molar-refractivity contribution in [2.75, 3.05) is 14.1 Å². The fraction of sp³-hybridized carbons (Fsp3) is 1.00. The molecular formula is C8H20N+. The molecule has 9 heavy (non-hydrogen) atoms. The molecule has 0 atom stereocenters. The Kier molecular flexibility index (Phi) is 2.68. The number of nitrogens with zero attached hydrogens (tertiary/aromatic N) is 1. The van der Waals surface area contributed by atoms with Crippen LogP contribution in [0.1, 0.15) is 27.7 Å². The number of quaternary nitrogens is 1. The maximum atomic E-state index is 2.27. The van der Waals surface area contributed by atoms with Crippen molar-refractivity contribution in [1.82, 2.24) is 0 Å².